The lowest BCUT2D eigenvalue weighted by Crippen LogP contribution is -2.18. The van der Waals surface area contributed by atoms with E-state index in [9.17, 15) is 0 Å². The van der Waals surface area contributed by atoms with Gasteiger partial charge in [0.05, 0.1) is 17.1 Å². The monoisotopic (exact) mass is 834 g/mol. The summed E-state index contributed by atoms with van der Waals surface area (Å²) in [6.45, 7) is 4.72. The van der Waals surface area contributed by atoms with Crippen molar-refractivity contribution in [1.29, 1.82) is 0 Å². The van der Waals surface area contributed by atoms with Gasteiger partial charge in [-0.1, -0.05) is 141 Å². The van der Waals surface area contributed by atoms with Gasteiger partial charge in [0.1, 0.15) is 11.2 Å². The molecule has 0 saturated heterocycles. The summed E-state index contributed by atoms with van der Waals surface area (Å²) in [6, 6.07) is 78.3. The zero-order valence-corrected chi connectivity index (χ0v) is 36.0. The van der Waals surface area contributed by atoms with Gasteiger partial charge in [-0.25, -0.2) is 0 Å². The molecular weight excluding hydrogens is 793 g/mol. The molecule has 65 heavy (non-hydrogen) atoms. The van der Waals surface area contributed by atoms with E-state index in [-0.39, 0.29) is 5.41 Å². The molecule has 0 bridgehead atoms. The Morgan fingerprint density at radius 3 is 1.91 bits per heavy atom. The zero-order valence-electron chi connectivity index (χ0n) is 36.0. The van der Waals surface area contributed by atoms with E-state index < -0.39 is 0 Å². The van der Waals surface area contributed by atoms with Crippen molar-refractivity contribution in [3.05, 3.63) is 230 Å². The van der Waals surface area contributed by atoms with Gasteiger partial charge in [-0.15, -0.1) is 0 Å². The molecule has 4 heteroatoms. The van der Waals surface area contributed by atoms with Crippen LogP contribution >= 0.6 is 0 Å². The highest BCUT2D eigenvalue weighted by atomic mass is 16.5. The van der Waals surface area contributed by atoms with Gasteiger partial charge >= 0.3 is 0 Å². The third kappa shape index (κ3) is 5.91. The third-order valence-electron chi connectivity index (χ3n) is 13.6. The second-order valence-electron chi connectivity index (χ2n) is 17.7. The lowest BCUT2D eigenvalue weighted by atomic mass is 9.81. The lowest BCUT2D eigenvalue weighted by Gasteiger charge is -2.34. The molecule has 10 aromatic carbocycles. The fraction of sp³-hybridized carbons (Fsp3) is 0.0492. The van der Waals surface area contributed by atoms with Crippen molar-refractivity contribution >= 4 is 66.8 Å². The minimum atomic E-state index is -0.225. The number of fused-ring (bicyclic) bond motifs is 9. The van der Waals surface area contributed by atoms with Crippen LogP contribution in [-0.2, 0) is 5.41 Å². The van der Waals surface area contributed by atoms with Gasteiger partial charge in [-0.2, -0.15) is 0 Å². The van der Waals surface area contributed by atoms with Crippen molar-refractivity contribution in [2.24, 2.45) is 0 Å². The molecule has 11 aromatic rings. The second kappa shape index (κ2) is 14.3. The average Bonchev–Trinajstić information content (AvgIpc) is 3.84. The second-order valence-corrected chi connectivity index (χ2v) is 17.7. The van der Waals surface area contributed by atoms with Crippen molar-refractivity contribution in [3.63, 3.8) is 0 Å². The molecule has 13 rings (SSSR count). The molecule has 1 aliphatic heterocycles. The van der Waals surface area contributed by atoms with Gasteiger partial charge in [0.2, 0.25) is 0 Å². The normalized spacial score (nSPS) is 13.3. The molecule has 0 radical (unpaired) electrons. The van der Waals surface area contributed by atoms with Crippen LogP contribution in [0.2, 0.25) is 0 Å². The standard InChI is InChI=1S/C61H42N2O2/c1-61(2)52-36-42(41-27-34-58-51(35-41)50-18-8-10-21-57(50)64-58)25-31-48(52)49-32-30-46(38-53(49)61)63-55-19-9-11-22-59(55)65-60-37-43(26-33-56(60)63)39-23-28-45(29-24-39)62(44-15-4-3-5-16-44)54-20-12-14-40-13-6-7-17-47(40)54/h3-38H,1-2H3. The Kier molecular flexibility index (Phi) is 8.22. The first kappa shape index (κ1) is 37.2. The number of hydrogen-bond donors (Lipinski definition) is 0. The molecule has 0 atom stereocenters. The fourth-order valence-electron chi connectivity index (χ4n) is 10.4. The Bertz CT molecular complexity index is 3670. The van der Waals surface area contributed by atoms with E-state index in [0.717, 1.165) is 78.7 Å². The van der Waals surface area contributed by atoms with Crippen LogP contribution in [0.3, 0.4) is 0 Å². The Hall–Kier alpha value is -8.34. The van der Waals surface area contributed by atoms with Crippen molar-refractivity contribution in [3.8, 4) is 44.9 Å². The molecule has 1 aliphatic carbocycles. The molecule has 4 nitrogen and oxygen atoms in total. The summed E-state index contributed by atoms with van der Waals surface area (Å²) in [5.74, 6) is 1.65. The van der Waals surface area contributed by atoms with Crippen LogP contribution in [0, 0.1) is 0 Å². The minimum Gasteiger partial charge on any atom is -0.456 e. The van der Waals surface area contributed by atoms with E-state index in [1.807, 2.05) is 18.2 Å². The van der Waals surface area contributed by atoms with Crippen molar-refractivity contribution in [2.45, 2.75) is 19.3 Å². The largest absolute Gasteiger partial charge is 0.456 e. The zero-order chi connectivity index (χ0) is 43.2. The Labute approximate surface area is 377 Å². The van der Waals surface area contributed by atoms with E-state index in [1.54, 1.807) is 0 Å². The topological polar surface area (TPSA) is 28.9 Å². The van der Waals surface area contributed by atoms with Crippen LogP contribution in [0.15, 0.2) is 223 Å². The maximum Gasteiger partial charge on any atom is 0.152 e. The predicted molar refractivity (Wildman–Crippen MR) is 269 cm³/mol. The van der Waals surface area contributed by atoms with Gasteiger partial charge in [0.15, 0.2) is 11.5 Å². The number of ether oxygens (including phenoxy) is 1. The molecule has 0 N–H and O–H groups in total. The molecule has 0 unspecified atom stereocenters. The van der Waals surface area contributed by atoms with Crippen LogP contribution in [-0.4, -0.2) is 0 Å². The lowest BCUT2D eigenvalue weighted by molar-refractivity contribution is 0.477. The summed E-state index contributed by atoms with van der Waals surface area (Å²) < 4.78 is 12.9. The van der Waals surface area contributed by atoms with E-state index in [4.69, 9.17) is 9.15 Å². The highest BCUT2D eigenvalue weighted by Crippen LogP contribution is 2.55. The number of hydrogen-bond acceptors (Lipinski definition) is 4. The Balaban J connectivity index is 0.847. The molecule has 1 aromatic heterocycles. The average molecular weight is 835 g/mol. The number of furan rings is 1. The smallest absolute Gasteiger partial charge is 0.152 e. The molecule has 0 spiro atoms. The summed E-state index contributed by atoms with van der Waals surface area (Å²) in [7, 11) is 0. The van der Waals surface area contributed by atoms with E-state index in [2.05, 4.69) is 224 Å². The van der Waals surface area contributed by atoms with Gasteiger partial charge < -0.3 is 19.0 Å². The molecule has 2 heterocycles. The minimum absolute atomic E-state index is 0.225. The number of anilines is 6. The Morgan fingerprint density at radius 1 is 0.415 bits per heavy atom. The van der Waals surface area contributed by atoms with E-state index in [1.165, 1.54) is 44.2 Å². The predicted octanol–water partition coefficient (Wildman–Crippen LogP) is 17.4. The molecule has 0 fully saturated rings. The summed E-state index contributed by atoms with van der Waals surface area (Å²) >= 11 is 0. The summed E-state index contributed by atoms with van der Waals surface area (Å²) in [5.41, 5.74) is 17.9. The number of para-hydroxylation sites is 4. The quantitative estimate of drug-likeness (QED) is 0.167. The molecule has 2 aliphatic rings. The van der Waals surface area contributed by atoms with Crippen molar-refractivity contribution < 1.29 is 9.15 Å². The summed E-state index contributed by atoms with van der Waals surface area (Å²) in [6.07, 6.45) is 0. The fourth-order valence-corrected chi connectivity index (χ4v) is 10.4. The third-order valence-corrected chi connectivity index (χ3v) is 13.6. The Morgan fingerprint density at radius 2 is 1.03 bits per heavy atom. The van der Waals surface area contributed by atoms with Gasteiger partial charge in [-0.05, 0) is 141 Å². The van der Waals surface area contributed by atoms with Crippen LogP contribution < -0.4 is 14.5 Å². The van der Waals surface area contributed by atoms with Gasteiger partial charge in [0.25, 0.3) is 0 Å². The maximum absolute atomic E-state index is 6.74. The number of benzene rings is 10. The maximum atomic E-state index is 6.74. The van der Waals surface area contributed by atoms with Gasteiger partial charge in [0, 0.05) is 38.6 Å². The first-order chi connectivity index (χ1) is 32.0. The van der Waals surface area contributed by atoms with Gasteiger partial charge in [-0.3, -0.25) is 0 Å². The number of nitrogens with zero attached hydrogens (tertiary/aromatic N) is 2. The molecule has 308 valence electrons. The highest BCUT2D eigenvalue weighted by molar-refractivity contribution is 6.06. The van der Waals surface area contributed by atoms with E-state index >= 15 is 0 Å². The van der Waals surface area contributed by atoms with Crippen LogP contribution in [0.1, 0.15) is 25.0 Å². The van der Waals surface area contributed by atoms with Crippen molar-refractivity contribution in [2.75, 3.05) is 9.80 Å². The van der Waals surface area contributed by atoms with Crippen molar-refractivity contribution in [1.82, 2.24) is 0 Å². The molecular formula is C61H42N2O2. The van der Waals surface area contributed by atoms with E-state index in [0.29, 0.717) is 0 Å². The SMILES string of the molecule is CC1(C)c2cc(-c3ccc4oc5ccccc5c4c3)ccc2-c2ccc(N3c4ccccc4Oc4cc(-c5ccc(N(c6ccccc6)c6cccc7ccccc67)cc5)ccc43)cc21. The summed E-state index contributed by atoms with van der Waals surface area (Å²) in [4.78, 5) is 4.70. The summed E-state index contributed by atoms with van der Waals surface area (Å²) in [5, 5.41) is 4.71. The molecule has 0 saturated carbocycles. The van der Waals surface area contributed by atoms with Crippen LogP contribution in [0.25, 0.3) is 66.1 Å². The van der Waals surface area contributed by atoms with Crippen LogP contribution in [0.5, 0.6) is 11.5 Å². The van der Waals surface area contributed by atoms with Crippen LogP contribution in [0.4, 0.5) is 34.1 Å². The first-order valence-electron chi connectivity index (χ1n) is 22.3. The number of rotatable bonds is 6. The highest BCUT2D eigenvalue weighted by Gasteiger charge is 2.37. The first-order valence-corrected chi connectivity index (χ1v) is 22.3. The molecule has 0 amide bonds.